The average molecular weight is 277 g/mol. The van der Waals surface area contributed by atoms with Crippen molar-refractivity contribution in [3.05, 3.63) is 28.0 Å². The summed E-state index contributed by atoms with van der Waals surface area (Å²) in [6.45, 7) is 0.542. The lowest BCUT2D eigenvalue weighted by atomic mass is 10.0. The zero-order chi connectivity index (χ0) is 13.3. The van der Waals surface area contributed by atoms with Gasteiger partial charge in [-0.15, -0.1) is 11.3 Å². The fourth-order valence-corrected chi connectivity index (χ4v) is 2.56. The van der Waals surface area contributed by atoms with Crippen LogP contribution < -0.4 is 0 Å². The number of alkyl halides is 3. The molecule has 98 valence electrons. The highest BCUT2D eigenvalue weighted by molar-refractivity contribution is 7.10. The van der Waals surface area contributed by atoms with Crippen molar-refractivity contribution in [2.45, 2.75) is 12.6 Å². The predicted molar refractivity (Wildman–Crippen MR) is 61.5 cm³/mol. The highest BCUT2D eigenvalue weighted by Gasteiger charge is 2.32. The highest BCUT2D eigenvalue weighted by atomic mass is 32.1. The third kappa shape index (κ3) is 2.66. The molecule has 1 amide bonds. The van der Waals surface area contributed by atoms with Gasteiger partial charge in [-0.05, 0) is 29.0 Å². The summed E-state index contributed by atoms with van der Waals surface area (Å²) in [6, 6.07) is 1.12. The number of nitrogens with zero attached hydrogens (tertiary/aromatic N) is 1. The third-order valence-corrected chi connectivity index (χ3v) is 3.70. The van der Waals surface area contributed by atoms with Crippen LogP contribution in [0.15, 0.2) is 17.5 Å². The van der Waals surface area contributed by atoms with E-state index in [0.717, 1.165) is 11.6 Å². The summed E-state index contributed by atoms with van der Waals surface area (Å²) in [5.74, 6) is 0. The molecule has 0 spiro atoms. The molecule has 0 aliphatic carbocycles. The maximum atomic E-state index is 12.4. The number of hydrogen-bond donors (Lipinski definition) is 1. The molecule has 1 aliphatic heterocycles. The van der Waals surface area contributed by atoms with E-state index < -0.39 is 17.1 Å². The quantitative estimate of drug-likeness (QED) is 0.853. The first-order chi connectivity index (χ1) is 8.38. The Morgan fingerprint density at radius 3 is 2.61 bits per heavy atom. The molecule has 3 nitrogen and oxygen atoms in total. The van der Waals surface area contributed by atoms with E-state index in [0.29, 0.717) is 29.9 Å². The summed E-state index contributed by atoms with van der Waals surface area (Å²) in [5.41, 5.74) is 1.32. The second-order valence-electron chi connectivity index (χ2n) is 3.91. The van der Waals surface area contributed by atoms with Gasteiger partial charge >= 0.3 is 12.3 Å². The molecule has 0 saturated heterocycles. The topological polar surface area (TPSA) is 40.5 Å². The van der Waals surface area contributed by atoms with E-state index in [1.165, 1.54) is 10.3 Å². The molecule has 0 atom stereocenters. The molecule has 1 aromatic heterocycles. The predicted octanol–water partition coefficient (Wildman–Crippen LogP) is 3.53. The van der Waals surface area contributed by atoms with Crippen molar-refractivity contribution >= 4 is 23.0 Å². The van der Waals surface area contributed by atoms with E-state index in [9.17, 15) is 18.0 Å². The Morgan fingerprint density at radius 1 is 1.44 bits per heavy atom. The first-order valence-electron chi connectivity index (χ1n) is 5.21. The summed E-state index contributed by atoms with van der Waals surface area (Å²) in [6.07, 6.45) is -3.21. The molecule has 1 aliphatic rings. The molecular formula is C11H10F3NO2S. The molecule has 18 heavy (non-hydrogen) atoms. The first-order valence-corrected chi connectivity index (χ1v) is 6.09. The van der Waals surface area contributed by atoms with Gasteiger partial charge in [-0.3, -0.25) is 0 Å². The van der Waals surface area contributed by atoms with Gasteiger partial charge in [0.25, 0.3) is 0 Å². The lowest BCUT2D eigenvalue weighted by molar-refractivity contribution is -0.134. The van der Waals surface area contributed by atoms with Crippen LogP contribution in [0.25, 0.3) is 5.57 Å². The van der Waals surface area contributed by atoms with Crippen molar-refractivity contribution in [2.24, 2.45) is 0 Å². The number of amides is 1. The molecule has 1 aromatic rings. The van der Waals surface area contributed by atoms with Crippen LogP contribution in [0.2, 0.25) is 0 Å². The van der Waals surface area contributed by atoms with E-state index in [4.69, 9.17) is 5.11 Å². The summed E-state index contributed by atoms with van der Waals surface area (Å²) in [4.78, 5) is 11.3. The largest absolute Gasteiger partial charge is 0.465 e. The van der Waals surface area contributed by atoms with Crippen LogP contribution in [-0.4, -0.2) is 29.2 Å². The van der Waals surface area contributed by atoms with Gasteiger partial charge in [0.2, 0.25) is 0 Å². The van der Waals surface area contributed by atoms with Gasteiger partial charge in [0, 0.05) is 13.1 Å². The molecule has 0 radical (unpaired) electrons. The van der Waals surface area contributed by atoms with Crippen molar-refractivity contribution in [2.75, 3.05) is 13.1 Å². The van der Waals surface area contributed by atoms with Crippen LogP contribution in [0.4, 0.5) is 18.0 Å². The minimum absolute atomic E-state index is 0.224. The average Bonchev–Trinajstić information content (AvgIpc) is 2.78. The van der Waals surface area contributed by atoms with Gasteiger partial charge in [0.15, 0.2) is 0 Å². The number of rotatable bonds is 1. The Hall–Kier alpha value is -1.50. The zero-order valence-electron chi connectivity index (χ0n) is 9.20. The first kappa shape index (κ1) is 12.9. The standard InChI is InChI=1S/C11H10F3NO2S/c12-11(13,14)9-5-8(6-18-9)7-1-3-15(4-2-7)10(16)17/h1,5-6H,2-4H2,(H,16,17). The van der Waals surface area contributed by atoms with E-state index in [1.807, 2.05) is 0 Å². The Bertz CT molecular complexity index is 493. The van der Waals surface area contributed by atoms with Crippen LogP contribution in [0.1, 0.15) is 16.9 Å². The molecule has 2 heterocycles. The Balaban J connectivity index is 2.14. The molecule has 1 N–H and O–H groups in total. The van der Waals surface area contributed by atoms with Gasteiger partial charge in [-0.25, -0.2) is 4.79 Å². The molecule has 0 saturated carbocycles. The SMILES string of the molecule is O=C(O)N1CC=C(c2csc(C(F)(F)F)c2)CC1. The van der Waals surface area contributed by atoms with Crippen molar-refractivity contribution in [3.63, 3.8) is 0 Å². The summed E-state index contributed by atoms with van der Waals surface area (Å²) < 4.78 is 37.3. The Morgan fingerprint density at radius 2 is 2.17 bits per heavy atom. The van der Waals surface area contributed by atoms with Gasteiger partial charge in [-0.2, -0.15) is 13.2 Å². The monoisotopic (exact) mass is 277 g/mol. The van der Waals surface area contributed by atoms with Gasteiger partial charge in [0.05, 0.1) is 0 Å². The van der Waals surface area contributed by atoms with Crippen LogP contribution >= 0.6 is 11.3 Å². The van der Waals surface area contributed by atoms with Crippen molar-refractivity contribution in [3.8, 4) is 0 Å². The molecule has 7 heteroatoms. The van der Waals surface area contributed by atoms with E-state index >= 15 is 0 Å². The number of carboxylic acid groups (broad SMARTS) is 1. The normalized spacial score (nSPS) is 16.6. The van der Waals surface area contributed by atoms with Crippen LogP contribution in [0, 0.1) is 0 Å². The highest BCUT2D eigenvalue weighted by Crippen LogP contribution is 2.36. The Labute approximate surface area is 105 Å². The van der Waals surface area contributed by atoms with E-state index in [2.05, 4.69) is 0 Å². The molecular weight excluding hydrogens is 267 g/mol. The minimum atomic E-state index is -4.31. The van der Waals surface area contributed by atoms with E-state index in [-0.39, 0.29) is 6.54 Å². The van der Waals surface area contributed by atoms with Gasteiger partial charge in [0.1, 0.15) is 4.88 Å². The third-order valence-electron chi connectivity index (χ3n) is 2.73. The summed E-state index contributed by atoms with van der Waals surface area (Å²) >= 11 is 0.661. The molecule has 0 bridgehead atoms. The van der Waals surface area contributed by atoms with Crippen molar-refractivity contribution in [1.82, 2.24) is 4.90 Å². The lowest BCUT2D eigenvalue weighted by Gasteiger charge is -2.23. The van der Waals surface area contributed by atoms with Crippen molar-refractivity contribution in [1.29, 1.82) is 0 Å². The number of halogens is 3. The minimum Gasteiger partial charge on any atom is -0.465 e. The van der Waals surface area contributed by atoms with Crippen molar-refractivity contribution < 1.29 is 23.1 Å². The van der Waals surface area contributed by atoms with Crippen LogP contribution in [-0.2, 0) is 6.18 Å². The molecule has 2 rings (SSSR count). The lowest BCUT2D eigenvalue weighted by Crippen LogP contribution is -2.33. The fourth-order valence-electron chi connectivity index (χ4n) is 1.76. The zero-order valence-corrected chi connectivity index (χ0v) is 10.0. The van der Waals surface area contributed by atoms with E-state index in [1.54, 1.807) is 6.08 Å². The molecule has 0 unspecified atom stereocenters. The Kier molecular flexibility index (Phi) is 3.34. The maximum absolute atomic E-state index is 12.4. The van der Waals surface area contributed by atoms with Gasteiger partial charge in [-0.1, -0.05) is 6.08 Å². The smallest absolute Gasteiger partial charge is 0.425 e. The fraction of sp³-hybridized carbons (Fsp3) is 0.364. The number of thiophene rings is 1. The number of carbonyl (C=O) groups is 1. The maximum Gasteiger partial charge on any atom is 0.425 e. The molecule has 0 fully saturated rings. The van der Waals surface area contributed by atoms with Crippen LogP contribution in [0.5, 0.6) is 0 Å². The molecule has 0 aromatic carbocycles. The number of hydrogen-bond acceptors (Lipinski definition) is 2. The second-order valence-corrected chi connectivity index (χ2v) is 4.82. The van der Waals surface area contributed by atoms with Crippen LogP contribution in [0.3, 0.4) is 0 Å². The summed E-state index contributed by atoms with van der Waals surface area (Å²) in [7, 11) is 0. The van der Waals surface area contributed by atoms with Gasteiger partial charge < -0.3 is 10.0 Å². The second kappa shape index (κ2) is 4.64. The summed E-state index contributed by atoms with van der Waals surface area (Å²) in [5, 5.41) is 10.2.